The molecule has 21 heavy (non-hydrogen) atoms. The molecule has 0 saturated heterocycles. The van der Waals surface area contributed by atoms with Crippen LogP contribution < -0.4 is 14.8 Å². The highest BCUT2D eigenvalue weighted by Crippen LogP contribution is 2.29. The van der Waals surface area contributed by atoms with Crippen molar-refractivity contribution in [3.63, 3.8) is 0 Å². The molecule has 0 saturated carbocycles. The Labute approximate surface area is 125 Å². The molecule has 0 amide bonds. The predicted octanol–water partition coefficient (Wildman–Crippen LogP) is 2.61. The molecule has 1 atom stereocenters. The summed E-state index contributed by atoms with van der Waals surface area (Å²) in [6.07, 6.45) is 2.76. The van der Waals surface area contributed by atoms with Crippen molar-refractivity contribution in [3.05, 3.63) is 30.1 Å². The molecule has 1 unspecified atom stereocenters. The maximum atomic E-state index is 5.89. The van der Waals surface area contributed by atoms with Gasteiger partial charge in [-0.25, -0.2) is 4.98 Å². The van der Waals surface area contributed by atoms with Crippen molar-refractivity contribution in [3.8, 4) is 11.5 Å². The van der Waals surface area contributed by atoms with Gasteiger partial charge in [-0.2, -0.15) is 0 Å². The Balaban J connectivity index is 2.07. The number of aryl methyl sites for hydroxylation is 1. The number of nitrogens with zero attached hydrogens (tertiary/aromatic N) is 3. The summed E-state index contributed by atoms with van der Waals surface area (Å²) in [4.78, 5) is 4.13. The monoisotopic (exact) mass is 290 g/mol. The lowest BCUT2D eigenvalue weighted by Crippen LogP contribution is -2.11. The molecule has 0 fully saturated rings. The summed E-state index contributed by atoms with van der Waals surface area (Å²) in [5.41, 5.74) is 1.08. The van der Waals surface area contributed by atoms with Crippen LogP contribution >= 0.6 is 0 Å². The first-order valence-corrected chi connectivity index (χ1v) is 7.05. The van der Waals surface area contributed by atoms with Crippen molar-refractivity contribution < 1.29 is 9.47 Å². The highest BCUT2D eigenvalue weighted by Gasteiger charge is 2.09. The van der Waals surface area contributed by atoms with Crippen molar-refractivity contribution in [2.45, 2.75) is 32.9 Å². The van der Waals surface area contributed by atoms with E-state index in [9.17, 15) is 0 Å². The van der Waals surface area contributed by atoms with Crippen LogP contribution in [0.5, 0.6) is 11.5 Å². The summed E-state index contributed by atoms with van der Waals surface area (Å²) in [5.74, 6) is 2.12. The van der Waals surface area contributed by atoms with Crippen LogP contribution in [-0.4, -0.2) is 28.0 Å². The number of nitrogens with one attached hydrogen (secondary N) is 1. The maximum Gasteiger partial charge on any atom is 0.242 e. The molecule has 2 aromatic rings. The van der Waals surface area contributed by atoms with Gasteiger partial charge in [-0.3, -0.25) is 4.68 Å². The van der Waals surface area contributed by atoms with Gasteiger partial charge < -0.3 is 14.8 Å². The fourth-order valence-corrected chi connectivity index (χ4v) is 1.82. The minimum absolute atomic E-state index is 0.152. The molecule has 6 nitrogen and oxygen atoms in total. The van der Waals surface area contributed by atoms with Crippen LogP contribution in [-0.2, 0) is 13.6 Å². The van der Waals surface area contributed by atoms with Crippen LogP contribution in [0, 0.1) is 0 Å². The van der Waals surface area contributed by atoms with E-state index in [0.717, 1.165) is 23.5 Å². The number of benzene rings is 1. The Morgan fingerprint density at radius 1 is 1.33 bits per heavy atom. The second-order valence-electron chi connectivity index (χ2n) is 4.92. The average Bonchev–Trinajstić information content (AvgIpc) is 2.91. The lowest BCUT2D eigenvalue weighted by molar-refractivity contribution is 0.207. The zero-order valence-corrected chi connectivity index (χ0v) is 13.0. The van der Waals surface area contributed by atoms with E-state index in [4.69, 9.17) is 9.47 Å². The third-order valence-corrected chi connectivity index (χ3v) is 3.18. The van der Waals surface area contributed by atoms with Crippen LogP contribution in [0.1, 0.15) is 25.8 Å². The Hall–Kier alpha value is -2.24. The SMILES string of the molecule is CCC(C)Oc1cc(CNc2ncn(C)n2)ccc1OC. The Kier molecular flexibility index (Phi) is 5.03. The van der Waals surface area contributed by atoms with Crippen LogP contribution in [0.25, 0.3) is 0 Å². The summed E-state index contributed by atoms with van der Waals surface area (Å²) in [6.45, 7) is 4.77. The minimum atomic E-state index is 0.152. The number of ether oxygens (including phenoxy) is 2. The van der Waals surface area contributed by atoms with E-state index in [0.29, 0.717) is 12.5 Å². The molecule has 6 heteroatoms. The Bertz CT molecular complexity index is 583. The topological polar surface area (TPSA) is 61.2 Å². The summed E-state index contributed by atoms with van der Waals surface area (Å²) < 4.78 is 12.9. The molecule has 0 aliphatic rings. The fraction of sp³-hybridized carbons (Fsp3) is 0.467. The van der Waals surface area contributed by atoms with E-state index in [1.807, 2.05) is 32.2 Å². The third kappa shape index (κ3) is 4.11. The van der Waals surface area contributed by atoms with E-state index in [1.165, 1.54) is 0 Å². The van der Waals surface area contributed by atoms with Gasteiger partial charge in [-0.05, 0) is 31.0 Å². The Morgan fingerprint density at radius 2 is 2.14 bits per heavy atom. The highest BCUT2D eigenvalue weighted by atomic mass is 16.5. The van der Waals surface area contributed by atoms with E-state index >= 15 is 0 Å². The first-order chi connectivity index (χ1) is 10.1. The van der Waals surface area contributed by atoms with E-state index in [2.05, 4.69) is 22.3 Å². The lowest BCUT2D eigenvalue weighted by Gasteiger charge is -2.16. The van der Waals surface area contributed by atoms with Crippen LogP contribution in [0.4, 0.5) is 5.95 Å². The van der Waals surface area contributed by atoms with Crippen molar-refractivity contribution in [2.24, 2.45) is 7.05 Å². The summed E-state index contributed by atoms with van der Waals surface area (Å²) >= 11 is 0. The summed E-state index contributed by atoms with van der Waals surface area (Å²) in [5, 5.41) is 7.36. The van der Waals surface area contributed by atoms with E-state index in [-0.39, 0.29) is 6.10 Å². The number of hydrogen-bond donors (Lipinski definition) is 1. The van der Waals surface area contributed by atoms with Gasteiger partial charge in [0.05, 0.1) is 13.2 Å². The molecule has 0 aliphatic carbocycles. The van der Waals surface area contributed by atoms with Gasteiger partial charge in [0.1, 0.15) is 6.33 Å². The first kappa shape index (κ1) is 15.2. The molecular weight excluding hydrogens is 268 g/mol. The number of methoxy groups -OCH3 is 1. The lowest BCUT2D eigenvalue weighted by atomic mass is 10.2. The molecule has 0 aliphatic heterocycles. The molecule has 1 N–H and O–H groups in total. The van der Waals surface area contributed by atoms with E-state index < -0.39 is 0 Å². The first-order valence-electron chi connectivity index (χ1n) is 7.05. The van der Waals surface area contributed by atoms with Gasteiger partial charge in [-0.15, -0.1) is 5.10 Å². The van der Waals surface area contributed by atoms with Crippen molar-refractivity contribution in [1.82, 2.24) is 14.8 Å². The zero-order chi connectivity index (χ0) is 15.2. The molecule has 114 valence electrons. The van der Waals surface area contributed by atoms with Gasteiger partial charge in [-0.1, -0.05) is 13.0 Å². The standard InChI is InChI=1S/C15H22N4O2/c1-5-11(2)21-14-8-12(6-7-13(14)20-4)9-16-15-17-10-19(3)18-15/h6-8,10-11H,5,9H2,1-4H3,(H,16,18). The number of rotatable bonds is 7. The van der Waals surface area contributed by atoms with E-state index in [1.54, 1.807) is 18.1 Å². The number of anilines is 1. The maximum absolute atomic E-state index is 5.89. The van der Waals surface area contributed by atoms with Crippen molar-refractivity contribution in [1.29, 1.82) is 0 Å². The van der Waals surface area contributed by atoms with Crippen LogP contribution in [0.3, 0.4) is 0 Å². The molecular formula is C15H22N4O2. The second kappa shape index (κ2) is 6.97. The molecule has 1 aromatic carbocycles. The summed E-state index contributed by atoms with van der Waals surface area (Å²) in [7, 11) is 3.48. The van der Waals surface area contributed by atoms with Gasteiger partial charge in [0, 0.05) is 13.6 Å². The zero-order valence-electron chi connectivity index (χ0n) is 13.0. The second-order valence-corrected chi connectivity index (χ2v) is 4.92. The largest absolute Gasteiger partial charge is 0.493 e. The molecule has 0 spiro atoms. The predicted molar refractivity (Wildman–Crippen MR) is 81.7 cm³/mol. The minimum Gasteiger partial charge on any atom is -0.493 e. The smallest absolute Gasteiger partial charge is 0.242 e. The molecule has 2 rings (SSSR count). The van der Waals surface area contributed by atoms with Crippen molar-refractivity contribution >= 4 is 5.95 Å². The quantitative estimate of drug-likeness (QED) is 0.849. The highest BCUT2D eigenvalue weighted by molar-refractivity contribution is 5.44. The molecule has 0 radical (unpaired) electrons. The van der Waals surface area contributed by atoms with Gasteiger partial charge >= 0.3 is 0 Å². The normalized spacial score (nSPS) is 12.0. The van der Waals surface area contributed by atoms with Crippen molar-refractivity contribution in [2.75, 3.05) is 12.4 Å². The molecule has 1 aromatic heterocycles. The van der Waals surface area contributed by atoms with Gasteiger partial charge in [0.2, 0.25) is 5.95 Å². The molecule has 0 bridgehead atoms. The van der Waals surface area contributed by atoms with Gasteiger partial charge in [0.15, 0.2) is 11.5 Å². The number of hydrogen-bond acceptors (Lipinski definition) is 5. The van der Waals surface area contributed by atoms with Crippen LogP contribution in [0.15, 0.2) is 24.5 Å². The Morgan fingerprint density at radius 3 is 2.76 bits per heavy atom. The van der Waals surface area contributed by atoms with Crippen LogP contribution in [0.2, 0.25) is 0 Å². The molecule has 1 heterocycles. The fourth-order valence-electron chi connectivity index (χ4n) is 1.82. The average molecular weight is 290 g/mol. The number of aromatic nitrogens is 3. The van der Waals surface area contributed by atoms with Gasteiger partial charge in [0.25, 0.3) is 0 Å². The third-order valence-electron chi connectivity index (χ3n) is 3.18. The summed E-state index contributed by atoms with van der Waals surface area (Å²) in [6, 6.07) is 5.90.